The van der Waals surface area contributed by atoms with Gasteiger partial charge in [0.15, 0.2) is 0 Å². The summed E-state index contributed by atoms with van der Waals surface area (Å²) in [4.78, 5) is 28.2. The number of aromatic amines is 1. The fourth-order valence-corrected chi connectivity index (χ4v) is 5.61. The number of nitrogens with zero attached hydrogens (tertiary/aromatic N) is 3. The van der Waals surface area contributed by atoms with E-state index in [1.54, 1.807) is 18.5 Å². The lowest BCUT2D eigenvalue weighted by atomic mass is 9.97. The van der Waals surface area contributed by atoms with Crippen molar-refractivity contribution in [1.29, 1.82) is 0 Å². The molecule has 0 fully saturated rings. The molecule has 3 aromatic heterocycles. The summed E-state index contributed by atoms with van der Waals surface area (Å²) in [6.45, 7) is 10.3. The molecule has 3 heterocycles. The van der Waals surface area contributed by atoms with Gasteiger partial charge in [-0.2, -0.15) is 5.10 Å². The monoisotopic (exact) mass is 466 g/mol. The summed E-state index contributed by atoms with van der Waals surface area (Å²) in [5.74, 6) is 0.245. The number of H-pyrrole nitrogens is 1. The molecule has 0 amide bonds. The van der Waals surface area contributed by atoms with Crippen LogP contribution in [-0.4, -0.2) is 24.4 Å². The highest BCUT2D eigenvalue weighted by molar-refractivity contribution is 7.19. The number of hydrogen-bond donors (Lipinski definition) is 2. The first kappa shape index (κ1) is 23.2. The van der Waals surface area contributed by atoms with Crippen molar-refractivity contribution in [3.8, 4) is 11.1 Å². The maximum atomic E-state index is 13.4. The molecule has 0 bridgehead atoms. The SMILES string of the molecule is Cc1n[nH]c(C)c1Cc1sc2c(c1-c1cccc(C(C)O)c1)c(=O)n(C)c(=O)n2CC(C)C. The molecule has 0 spiro atoms. The highest BCUT2D eigenvalue weighted by atomic mass is 32.1. The number of hydrogen-bond acceptors (Lipinski definition) is 5. The third-order valence-corrected chi connectivity index (χ3v) is 7.28. The Bertz CT molecular complexity index is 1430. The zero-order valence-corrected chi connectivity index (χ0v) is 20.7. The fourth-order valence-electron chi connectivity index (χ4n) is 4.28. The lowest BCUT2D eigenvalue weighted by Gasteiger charge is -2.12. The minimum atomic E-state index is -0.626. The van der Waals surface area contributed by atoms with Crippen molar-refractivity contribution < 1.29 is 5.11 Å². The van der Waals surface area contributed by atoms with Gasteiger partial charge in [0.2, 0.25) is 0 Å². The number of benzene rings is 1. The van der Waals surface area contributed by atoms with Gasteiger partial charge in [0.05, 0.1) is 17.2 Å². The van der Waals surface area contributed by atoms with Crippen molar-refractivity contribution in [3.05, 3.63) is 72.5 Å². The molecular weight excluding hydrogens is 436 g/mol. The maximum Gasteiger partial charge on any atom is 0.331 e. The molecule has 33 heavy (non-hydrogen) atoms. The summed E-state index contributed by atoms with van der Waals surface area (Å²) >= 11 is 1.50. The Hall–Kier alpha value is -2.97. The van der Waals surface area contributed by atoms with Gasteiger partial charge in [0, 0.05) is 41.7 Å². The number of aromatic nitrogens is 4. The van der Waals surface area contributed by atoms with Gasteiger partial charge in [-0.15, -0.1) is 11.3 Å². The Labute approximate surface area is 196 Å². The average Bonchev–Trinajstić information content (AvgIpc) is 3.30. The van der Waals surface area contributed by atoms with Gasteiger partial charge in [0.1, 0.15) is 4.83 Å². The predicted molar refractivity (Wildman–Crippen MR) is 133 cm³/mol. The van der Waals surface area contributed by atoms with Gasteiger partial charge in [-0.3, -0.25) is 19.0 Å². The summed E-state index contributed by atoms with van der Waals surface area (Å²) in [7, 11) is 1.54. The number of rotatable bonds is 6. The third-order valence-electron chi connectivity index (χ3n) is 6.07. The summed E-state index contributed by atoms with van der Waals surface area (Å²) in [6, 6.07) is 7.67. The van der Waals surface area contributed by atoms with Gasteiger partial charge in [-0.25, -0.2) is 4.79 Å². The Balaban J connectivity index is 2.10. The smallest absolute Gasteiger partial charge is 0.331 e. The van der Waals surface area contributed by atoms with Gasteiger partial charge >= 0.3 is 5.69 Å². The Morgan fingerprint density at radius 2 is 1.91 bits per heavy atom. The molecule has 8 heteroatoms. The Morgan fingerprint density at radius 3 is 2.52 bits per heavy atom. The number of aliphatic hydroxyl groups is 1. The van der Waals surface area contributed by atoms with Gasteiger partial charge in [-0.1, -0.05) is 32.0 Å². The molecule has 1 unspecified atom stereocenters. The third kappa shape index (κ3) is 4.09. The molecule has 0 saturated heterocycles. The molecule has 1 aromatic carbocycles. The molecule has 0 saturated carbocycles. The molecular formula is C25H30N4O3S. The van der Waals surface area contributed by atoms with E-state index in [9.17, 15) is 14.7 Å². The lowest BCUT2D eigenvalue weighted by Crippen LogP contribution is -2.38. The van der Waals surface area contributed by atoms with Crippen LogP contribution in [0.2, 0.25) is 0 Å². The highest BCUT2D eigenvalue weighted by Crippen LogP contribution is 2.39. The molecule has 2 N–H and O–H groups in total. The van der Waals surface area contributed by atoms with E-state index in [1.807, 2.05) is 38.1 Å². The van der Waals surface area contributed by atoms with E-state index < -0.39 is 6.10 Å². The molecule has 0 aliphatic heterocycles. The second-order valence-electron chi connectivity index (χ2n) is 9.12. The fraction of sp³-hybridized carbons (Fsp3) is 0.400. The van der Waals surface area contributed by atoms with E-state index in [2.05, 4.69) is 24.0 Å². The second-order valence-corrected chi connectivity index (χ2v) is 10.2. The van der Waals surface area contributed by atoms with Crippen molar-refractivity contribution in [2.75, 3.05) is 0 Å². The van der Waals surface area contributed by atoms with Crippen LogP contribution in [0.4, 0.5) is 0 Å². The number of aliphatic hydroxyl groups excluding tert-OH is 1. The summed E-state index contributed by atoms with van der Waals surface area (Å²) in [6.07, 6.45) is -0.0283. The number of aryl methyl sites for hydroxylation is 2. The first-order chi connectivity index (χ1) is 15.6. The molecule has 7 nitrogen and oxygen atoms in total. The van der Waals surface area contributed by atoms with Crippen LogP contribution in [-0.2, 0) is 20.0 Å². The molecule has 174 valence electrons. The highest BCUT2D eigenvalue weighted by Gasteiger charge is 2.24. The van der Waals surface area contributed by atoms with E-state index in [1.165, 1.54) is 15.9 Å². The first-order valence-corrected chi connectivity index (χ1v) is 12.0. The van der Waals surface area contributed by atoms with E-state index in [-0.39, 0.29) is 17.2 Å². The number of nitrogens with one attached hydrogen (secondary N) is 1. The second kappa shape index (κ2) is 8.76. The zero-order chi connectivity index (χ0) is 24.0. The Morgan fingerprint density at radius 1 is 1.18 bits per heavy atom. The molecule has 4 rings (SSSR count). The van der Waals surface area contributed by atoms with Crippen LogP contribution in [0.5, 0.6) is 0 Å². The van der Waals surface area contributed by atoms with Crippen LogP contribution in [0.1, 0.15) is 54.3 Å². The minimum Gasteiger partial charge on any atom is -0.389 e. The maximum absolute atomic E-state index is 13.4. The van der Waals surface area contributed by atoms with Crippen LogP contribution in [0.15, 0.2) is 33.9 Å². The quantitative estimate of drug-likeness (QED) is 0.448. The van der Waals surface area contributed by atoms with E-state index in [0.717, 1.165) is 38.5 Å². The van der Waals surface area contributed by atoms with Crippen molar-refractivity contribution in [1.82, 2.24) is 19.3 Å². The molecule has 0 radical (unpaired) electrons. The van der Waals surface area contributed by atoms with Crippen LogP contribution < -0.4 is 11.2 Å². The number of fused-ring (bicyclic) bond motifs is 1. The minimum absolute atomic E-state index is 0.245. The number of thiophene rings is 1. The van der Waals surface area contributed by atoms with E-state index in [4.69, 9.17) is 0 Å². The van der Waals surface area contributed by atoms with E-state index >= 15 is 0 Å². The van der Waals surface area contributed by atoms with Crippen LogP contribution in [0.3, 0.4) is 0 Å². The van der Waals surface area contributed by atoms with Gasteiger partial charge in [-0.05, 0) is 43.9 Å². The van der Waals surface area contributed by atoms with Crippen LogP contribution in [0.25, 0.3) is 21.3 Å². The molecule has 1 atom stereocenters. The first-order valence-electron chi connectivity index (χ1n) is 11.1. The largest absolute Gasteiger partial charge is 0.389 e. The summed E-state index contributed by atoms with van der Waals surface area (Å²) in [5, 5.41) is 18.1. The van der Waals surface area contributed by atoms with Crippen molar-refractivity contribution >= 4 is 21.6 Å². The summed E-state index contributed by atoms with van der Waals surface area (Å²) in [5.41, 5.74) is 4.87. The van der Waals surface area contributed by atoms with Crippen molar-refractivity contribution in [2.24, 2.45) is 13.0 Å². The molecule has 0 aliphatic carbocycles. The van der Waals surface area contributed by atoms with Crippen LogP contribution >= 0.6 is 11.3 Å². The van der Waals surface area contributed by atoms with E-state index in [0.29, 0.717) is 23.2 Å². The van der Waals surface area contributed by atoms with Crippen molar-refractivity contribution in [2.45, 2.75) is 53.7 Å². The van der Waals surface area contributed by atoms with Crippen molar-refractivity contribution in [3.63, 3.8) is 0 Å². The van der Waals surface area contributed by atoms with Crippen LogP contribution in [0, 0.1) is 19.8 Å². The topological polar surface area (TPSA) is 92.9 Å². The molecule has 0 aliphatic rings. The summed E-state index contributed by atoms with van der Waals surface area (Å²) < 4.78 is 2.93. The zero-order valence-electron chi connectivity index (χ0n) is 19.9. The van der Waals surface area contributed by atoms with Gasteiger partial charge < -0.3 is 5.11 Å². The molecule has 4 aromatic rings. The predicted octanol–water partition coefficient (Wildman–Crippen LogP) is 4.07. The Kier molecular flexibility index (Phi) is 6.16. The lowest BCUT2D eigenvalue weighted by molar-refractivity contribution is 0.199. The standard InChI is InChI=1S/C25H30N4O3S/c1-13(2)12-29-24-22(23(31)28(6)25(29)32)21(18-9-7-8-17(10-18)16(5)30)20(33-24)11-19-14(3)26-27-15(19)4/h7-10,13,16,30H,11-12H2,1-6H3,(H,26,27). The van der Waals surface area contributed by atoms with Gasteiger partial charge in [0.25, 0.3) is 5.56 Å². The normalized spacial score (nSPS) is 12.7. The average molecular weight is 467 g/mol.